The Morgan fingerprint density at radius 2 is 1.69 bits per heavy atom. The zero-order valence-electron chi connectivity index (χ0n) is 20.1. The Bertz CT molecular complexity index is 1300. The van der Waals surface area contributed by atoms with Crippen molar-refractivity contribution >= 4 is 23.2 Å². The number of likely N-dealkylation sites (N-methyl/N-ethyl adjacent to an activating group) is 1. The first-order chi connectivity index (χ1) is 17.2. The summed E-state index contributed by atoms with van der Waals surface area (Å²) in [5.41, 5.74) is 1.40. The highest BCUT2D eigenvalue weighted by Crippen LogP contribution is 2.29. The maximum Gasteiger partial charge on any atom is 0.416 e. The van der Waals surface area contributed by atoms with Gasteiger partial charge in [-0.3, -0.25) is 9.59 Å². The van der Waals surface area contributed by atoms with Crippen molar-refractivity contribution in [3.63, 3.8) is 0 Å². The standard InChI is InChI=1S/C26H27F3N4O2S/c1-3-31-11-13-32(14-12-31)24(35)20-9-7-19(8-10-20)16-33-18(2)17-36-25(33)30-23(34)21-5-4-6-22(15-21)26(27,28)29/h4-10,15,17H,3,11-14,16H2,1-2H3. The van der Waals surface area contributed by atoms with E-state index in [1.807, 2.05) is 33.9 Å². The summed E-state index contributed by atoms with van der Waals surface area (Å²) in [6.07, 6.45) is -4.53. The lowest BCUT2D eigenvalue weighted by Gasteiger charge is -2.34. The molecule has 1 saturated heterocycles. The highest BCUT2D eigenvalue weighted by molar-refractivity contribution is 7.07. The molecule has 1 aliphatic heterocycles. The molecule has 0 spiro atoms. The minimum Gasteiger partial charge on any atom is -0.336 e. The van der Waals surface area contributed by atoms with E-state index in [0.29, 0.717) is 30.0 Å². The lowest BCUT2D eigenvalue weighted by atomic mass is 10.1. The number of aromatic nitrogens is 1. The molecule has 2 heterocycles. The second-order valence-corrected chi connectivity index (χ2v) is 9.50. The number of benzene rings is 2. The Hall–Kier alpha value is -3.24. The number of alkyl halides is 3. The first kappa shape index (κ1) is 25.8. The molecule has 0 saturated carbocycles. The summed E-state index contributed by atoms with van der Waals surface area (Å²) in [6, 6.07) is 11.6. The van der Waals surface area contributed by atoms with Crippen LogP contribution in [0.2, 0.25) is 0 Å². The normalized spacial score (nSPS) is 15.4. The fraction of sp³-hybridized carbons (Fsp3) is 0.346. The Morgan fingerprint density at radius 1 is 1.00 bits per heavy atom. The molecule has 1 aromatic heterocycles. The minimum absolute atomic E-state index is 0.0130. The third-order valence-electron chi connectivity index (χ3n) is 6.27. The van der Waals surface area contributed by atoms with Crippen LogP contribution in [-0.4, -0.2) is 58.9 Å². The van der Waals surface area contributed by atoms with Gasteiger partial charge in [0.2, 0.25) is 0 Å². The van der Waals surface area contributed by atoms with Crippen LogP contribution >= 0.6 is 11.3 Å². The lowest BCUT2D eigenvalue weighted by molar-refractivity contribution is -0.137. The molecule has 6 nitrogen and oxygen atoms in total. The van der Waals surface area contributed by atoms with Crippen LogP contribution in [0.5, 0.6) is 0 Å². The lowest BCUT2D eigenvalue weighted by Crippen LogP contribution is -2.48. The molecule has 4 rings (SSSR count). The maximum absolute atomic E-state index is 13.0. The van der Waals surface area contributed by atoms with E-state index in [2.05, 4.69) is 16.8 Å². The molecule has 2 aromatic carbocycles. The highest BCUT2D eigenvalue weighted by atomic mass is 32.1. The molecule has 0 radical (unpaired) electrons. The largest absolute Gasteiger partial charge is 0.416 e. The summed E-state index contributed by atoms with van der Waals surface area (Å²) in [6.45, 7) is 8.55. The topological polar surface area (TPSA) is 57.9 Å². The van der Waals surface area contributed by atoms with Crippen molar-refractivity contribution in [3.8, 4) is 0 Å². The fourth-order valence-electron chi connectivity index (χ4n) is 4.06. The Morgan fingerprint density at radius 3 is 2.33 bits per heavy atom. The summed E-state index contributed by atoms with van der Waals surface area (Å²) in [5.74, 6) is -0.722. The van der Waals surface area contributed by atoms with Gasteiger partial charge in [0.25, 0.3) is 11.8 Å². The van der Waals surface area contributed by atoms with Crippen LogP contribution in [0.1, 0.15) is 44.5 Å². The molecule has 36 heavy (non-hydrogen) atoms. The molecule has 3 aromatic rings. The van der Waals surface area contributed by atoms with E-state index in [1.54, 1.807) is 12.1 Å². The number of aryl methyl sites for hydroxylation is 1. The third kappa shape index (κ3) is 5.93. The number of carbonyl (C=O) groups excluding carboxylic acids is 2. The monoisotopic (exact) mass is 516 g/mol. The molecule has 1 aliphatic rings. The van der Waals surface area contributed by atoms with Gasteiger partial charge in [-0.05, 0) is 49.4 Å². The Kier molecular flexibility index (Phi) is 7.75. The van der Waals surface area contributed by atoms with E-state index in [4.69, 9.17) is 0 Å². The van der Waals surface area contributed by atoms with Crippen LogP contribution in [0, 0.1) is 6.92 Å². The number of hydrogen-bond acceptors (Lipinski definition) is 4. The predicted molar refractivity (Wildman–Crippen MR) is 132 cm³/mol. The van der Waals surface area contributed by atoms with Gasteiger partial charge < -0.3 is 14.4 Å². The maximum atomic E-state index is 13.0. The van der Waals surface area contributed by atoms with Crippen LogP contribution in [0.25, 0.3) is 0 Å². The summed E-state index contributed by atoms with van der Waals surface area (Å²) >= 11 is 1.25. The minimum atomic E-state index is -4.53. The zero-order valence-corrected chi connectivity index (χ0v) is 20.9. The Labute approximate surface area is 211 Å². The molecule has 1 fully saturated rings. The van der Waals surface area contributed by atoms with Crippen LogP contribution in [-0.2, 0) is 12.7 Å². The quantitative estimate of drug-likeness (QED) is 0.504. The van der Waals surface area contributed by atoms with E-state index < -0.39 is 17.6 Å². The van der Waals surface area contributed by atoms with Gasteiger partial charge in [0, 0.05) is 48.4 Å². The number of thiazole rings is 1. The molecular weight excluding hydrogens is 489 g/mol. The van der Waals surface area contributed by atoms with Crippen molar-refractivity contribution in [1.82, 2.24) is 14.4 Å². The van der Waals surface area contributed by atoms with Gasteiger partial charge in [0.15, 0.2) is 4.80 Å². The second-order valence-electron chi connectivity index (χ2n) is 8.66. The molecule has 0 aliphatic carbocycles. The SMILES string of the molecule is CCN1CCN(C(=O)c2ccc(Cn3c(C)csc3=NC(=O)c3cccc(C(F)(F)F)c3)cc2)CC1. The molecule has 190 valence electrons. The number of nitrogens with zero attached hydrogens (tertiary/aromatic N) is 4. The van der Waals surface area contributed by atoms with Crippen molar-refractivity contribution in [1.29, 1.82) is 0 Å². The number of carbonyl (C=O) groups is 2. The zero-order chi connectivity index (χ0) is 25.9. The number of hydrogen-bond donors (Lipinski definition) is 0. The van der Waals surface area contributed by atoms with Crippen molar-refractivity contribution in [2.24, 2.45) is 4.99 Å². The first-order valence-corrected chi connectivity index (χ1v) is 12.6. The van der Waals surface area contributed by atoms with Gasteiger partial charge in [-0.1, -0.05) is 25.1 Å². The number of rotatable bonds is 5. The fourth-order valence-corrected chi connectivity index (χ4v) is 4.93. The summed E-state index contributed by atoms with van der Waals surface area (Å²) < 4.78 is 40.9. The summed E-state index contributed by atoms with van der Waals surface area (Å²) in [7, 11) is 0. The molecule has 0 bridgehead atoms. The number of piperazine rings is 1. The second kappa shape index (κ2) is 10.8. The number of halogens is 3. The molecule has 10 heteroatoms. The average molecular weight is 517 g/mol. The van der Waals surface area contributed by atoms with Gasteiger partial charge >= 0.3 is 6.18 Å². The van der Waals surface area contributed by atoms with Gasteiger partial charge in [-0.2, -0.15) is 18.2 Å². The van der Waals surface area contributed by atoms with Crippen molar-refractivity contribution < 1.29 is 22.8 Å². The molecule has 0 atom stereocenters. The van der Waals surface area contributed by atoms with Crippen molar-refractivity contribution in [2.75, 3.05) is 32.7 Å². The van der Waals surface area contributed by atoms with Gasteiger partial charge in [-0.15, -0.1) is 11.3 Å². The van der Waals surface area contributed by atoms with Crippen LogP contribution in [0.15, 0.2) is 58.9 Å². The third-order valence-corrected chi connectivity index (χ3v) is 7.26. The van der Waals surface area contributed by atoms with E-state index in [-0.39, 0.29) is 11.5 Å². The van der Waals surface area contributed by atoms with Crippen molar-refractivity contribution in [3.05, 3.63) is 86.7 Å². The van der Waals surface area contributed by atoms with E-state index in [0.717, 1.165) is 43.0 Å². The van der Waals surface area contributed by atoms with Crippen molar-refractivity contribution in [2.45, 2.75) is 26.6 Å². The smallest absolute Gasteiger partial charge is 0.336 e. The first-order valence-electron chi connectivity index (χ1n) is 11.7. The molecule has 0 N–H and O–H groups in total. The van der Waals surface area contributed by atoms with Crippen LogP contribution in [0.4, 0.5) is 13.2 Å². The Balaban J connectivity index is 1.50. The van der Waals surface area contributed by atoms with E-state index >= 15 is 0 Å². The van der Waals surface area contributed by atoms with Gasteiger partial charge in [0.05, 0.1) is 12.1 Å². The highest BCUT2D eigenvalue weighted by Gasteiger charge is 2.31. The molecular formula is C26H27F3N4O2S. The van der Waals surface area contributed by atoms with Gasteiger partial charge in [-0.25, -0.2) is 0 Å². The van der Waals surface area contributed by atoms with Crippen LogP contribution in [0.3, 0.4) is 0 Å². The average Bonchev–Trinajstić information content (AvgIpc) is 3.22. The number of amides is 2. The molecule has 0 unspecified atom stereocenters. The summed E-state index contributed by atoms with van der Waals surface area (Å²) in [4.78, 5) is 34.2. The van der Waals surface area contributed by atoms with E-state index in [9.17, 15) is 22.8 Å². The van der Waals surface area contributed by atoms with Gasteiger partial charge in [0.1, 0.15) is 0 Å². The van der Waals surface area contributed by atoms with E-state index in [1.165, 1.54) is 23.5 Å². The van der Waals surface area contributed by atoms with Crippen LogP contribution < -0.4 is 4.80 Å². The summed E-state index contributed by atoms with van der Waals surface area (Å²) in [5, 5.41) is 1.84. The molecule has 2 amide bonds. The predicted octanol–water partition coefficient (Wildman–Crippen LogP) is 4.44.